The number of hydrogen-bond donors (Lipinski definition) is 0. The molecule has 0 saturated carbocycles. The second-order valence-electron chi connectivity index (χ2n) is 27.1. The van der Waals surface area contributed by atoms with Crippen molar-refractivity contribution in [2.24, 2.45) is 21.7 Å². The fraction of sp³-hybridized carbons (Fsp3) is 0.778. The van der Waals surface area contributed by atoms with Crippen molar-refractivity contribution in [3.63, 3.8) is 0 Å². The van der Waals surface area contributed by atoms with Crippen molar-refractivity contribution in [3.05, 3.63) is 57.6 Å². The van der Waals surface area contributed by atoms with Crippen LogP contribution in [0.2, 0.25) is 0 Å². The van der Waals surface area contributed by atoms with Gasteiger partial charge in [-0.25, -0.2) is 0 Å². The normalized spacial score (nSPS) is 21.0. The van der Waals surface area contributed by atoms with E-state index in [9.17, 15) is 0 Å². The van der Waals surface area contributed by atoms with E-state index < -0.39 is 0 Å². The fourth-order valence-electron chi connectivity index (χ4n) is 10.8. The Morgan fingerprint density at radius 2 is 0.621 bits per heavy atom. The SMILES string of the molecule is CC(C)(C)CC(C)(C)c1cc(CCc2cc(C(C)(C)CC(C)(C)C)c(OCC3(C)CO3)c(C(C)(C)CC(C)(C)C)c2)cc(C(C)(C)CC(C)(C)C)c1OCC1(C)CO1. The van der Waals surface area contributed by atoms with Gasteiger partial charge in [-0.2, -0.15) is 0 Å². The van der Waals surface area contributed by atoms with Gasteiger partial charge in [0, 0.05) is 22.3 Å². The lowest BCUT2D eigenvalue weighted by Gasteiger charge is -2.39. The molecule has 2 aromatic rings. The molecule has 2 fully saturated rings. The first-order valence-electron chi connectivity index (χ1n) is 22.7. The number of benzene rings is 2. The number of epoxide rings is 2. The zero-order valence-electron chi connectivity index (χ0n) is 42.0. The standard InChI is InChI=1S/C54H90O4/c1-45(2,3)29-49(13,14)39-25-37(26-40(50(15,16)30-46(4,5)6)43(39)55-33-53(21)35-57-53)23-24-38-27-41(51(17,18)31-47(7,8)9)44(56-34-54(22)36-58-54)42(28-38)52(19,20)32-48(10,11)12/h25-28H,23-24,29-36H2,1-22H3. The molecule has 2 heterocycles. The second-order valence-corrected chi connectivity index (χ2v) is 27.1. The van der Waals surface area contributed by atoms with Crippen LogP contribution in [0.4, 0.5) is 0 Å². The molecule has 58 heavy (non-hydrogen) atoms. The summed E-state index contributed by atoms with van der Waals surface area (Å²) in [6, 6.07) is 10.0. The predicted molar refractivity (Wildman–Crippen MR) is 248 cm³/mol. The van der Waals surface area contributed by atoms with Crippen LogP contribution < -0.4 is 9.47 Å². The zero-order chi connectivity index (χ0) is 44.3. The lowest BCUT2D eigenvalue weighted by Crippen LogP contribution is -2.31. The predicted octanol–water partition coefficient (Wildman–Crippen LogP) is 14.7. The van der Waals surface area contributed by atoms with Gasteiger partial charge in [-0.15, -0.1) is 0 Å². The topological polar surface area (TPSA) is 43.5 Å². The molecule has 2 aliphatic rings. The molecule has 330 valence electrons. The van der Waals surface area contributed by atoms with E-state index in [-0.39, 0.29) is 54.5 Å². The van der Waals surface area contributed by atoms with Gasteiger partial charge in [0.2, 0.25) is 0 Å². The summed E-state index contributed by atoms with van der Waals surface area (Å²) in [6.45, 7) is 54.8. The lowest BCUT2D eigenvalue weighted by molar-refractivity contribution is 0.190. The van der Waals surface area contributed by atoms with Crippen molar-refractivity contribution < 1.29 is 18.9 Å². The minimum Gasteiger partial charge on any atom is -0.490 e. The summed E-state index contributed by atoms with van der Waals surface area (Å²) in [7, 11) is 0. The molecule has 4 nitrogen and oxygen atoms in total. The molecule has 2 unspecified atom stereocenters. The highest BCUT2D eigenvalue weighted by atomic mass is 16.6. The van der Waals surface area contributed by atoms with Gasteiger partial charge in [-0.05, 0) is 107 Å². The molecule has 0 spiro atoms. The summed E-state index contributed by atoms with van der Waals surface area (Å²) in [6.07, 6.45) is 6.10. The fourth-order valence-corrected chi connectivity index (χ4v) is 10.8. The Hall–Kier alpha value is -2.04. The number of rotatable bonds is 17. The molecule has 2 atom stereocenters. The van der Waals surface area contributed by atoms with E-state index in [2.05, 4.69) is 177 Å². The average molecular weight is 803 g/mol. The van der Waals surface area contributed by atoms with Crippen LogP contribution in [-0.2, 0) is 44.0 Å². The molecule has 2 aliphatic heterocycles. The molecule has 2 saturated heterocycles. The Bertz CT molecular complexity index is 1510. The Morgan fingerprint density at radius 3 is 0.793 bits per heavy atom. The maximum Gasteiger partial charge on any atom is 0.126 e. The van der Waals surface area contributed by atoms with Crippen molar-refractivity contribution >= 4 is 0 Å². The summed E-state index contributed by atoms with van der Waals surface area (Å²) in [5, 5.41) is 0. The van der Waals surface area contributed by atoms with Crippen LogP contribution in [0.1, 0.15) is 211 Å². The molecular formula is C54H90O4. The summed E-state index contributed by atoms with van der Waals surface area (Å²) in [5.41, 5.74) is 7.93. The quantitative estimate of drug-likeness (QED) is 0.149. The third kappa shape index (κ3) is 13.7. The van der Waals surface area contributed by atoms with E-state index >= 15 is 0 Å². The lowest BCUT2D eigenvalue weighted by atomic mass is 9.67. The molecule has 0 N–H and O–H groups in total. The van der Waals surface area contributed by atoms with Crippen LogP contribution in [0.3, 0.4) is 0 Å². The van der Waals surface area contributed by atoms with Crippen molar-refractivity contribution in [2.75, 3.05) is 26.4 Å². The Labute approximate surface area is 358 Å². The molecule has 4 rings (SSSR count). The Balaban J connectivity index is 1.94. The van der Waals surface area contributed by atoms with E-state index in [1.54, 1.807) is 0 Å². The van der Waals surface area contributed by atoms with Crippen LogP contribution in [0.15, 0.2) is 24.3 Å². The third-order valence-electron chi connectivity index (χ3n) is 12.1. The van der Waals surface area contributed by atoms with Crippen molar-refractivity contribution in [3.8, 4) is 11.5 Å². The van der Waals surface area contributed by atoms with Crippen LogP contribution in [0, 0.1) is 21.7 Å². The van der Waals surface area contributed by atoms with Gasteiger partial charge in [0.1, 0.15) is 35.9 Å². The molecule has 0 aliphatic carbocycles. The van der Waals surface area contributed by atoms with Gasteiger partial charge in [0.05, 0.1) is 13.2 Å². The van der Waals surface area contributed by atoms with Crippen molar-refractivity contribution in [1.29, 1.82) is 0 Å². The maximum absolute atomic E-state index is 7.02. The van der Waals surface area contributed by atoms with Crippen LogP contribution >= 0.6 is 0 Å². The van der Waals surface area contributed by atoms with Crippen molar-refractivity contribution in [1.82, 2.24) is 0 Å². The molecule has 4 heteroatoms. The first-order chi connectivity index (χ1) is 25.8. The van der Waals surface area contributed by atoms with E-state index in [4.69, 9.17) is 18.9 Å². The maximum atomic E-state index is 7.02. The van der Waals surface area contributed by atoms with Crippen LogP contribution in [0.25, 0.3) is 0 Å². The number of ether oxygens (including phenoxy) is 4. The van der Waals surface area contributed by atoms with Gasteiger partial charge in [0.15, 0.2) is 0 Å². The molecule has 0 bridgehead atoms. The smallest absolute Gasteiger partial charge is 0.126 e. The molecule has 0 amide bonds. The largest absolute Gasteiger partial charge is 0.490 e. The third-order valence-corrected chi connectivity index (χ3v) is 12.1. The van der Waals surface area contributed by atoms with E-state index in [1.165, 1.54) is 33.4 Å². The van der Waals surface area contributed by atoms with E-state index in [1.807, 2.05) is 0 Å². The monoisotopic (exact) mass is 803 g/mol. The minimum absolute atomic E-state index is 0.101. The molecule has 0 radical (unpaired) electrons. The highest BCUT2D eigenvalue weighted by molar-refractivity contribution is 5.54. The number of hydrogen-bond acceptors (Lipinski definition) is 4. The molecule has 2 aromatic carbocycles. The highest BCUT2D eigenvalue weighted by Crippen LogP contribution is 2.51. The highest BCUT2D eigenvalue weighted by Gasteiger charge is 2.44. The first-order valence-corrected chi connectivity index (χ1v) is 22.7. The second kappa shape index (κ2) is 16.0. The summed E-state index contributed by atoms with van der Waals surface area (Å²) in [4.78, 5) is 0. The Kier molecular flexibility index (Phi) is 13.4. The molecule has 0 aromatic heterocycles. The minimum atomic E-state index is -0.203. The summed E-state index contributed by atoms with van der Waals surface area (Å²) in [5.74, 6) is 2.16. The average Bonchev–Trinajstić information content (AvgIpc) is 3.91. The van der Waals surface area contributed by atoms with Gasteiger partial charge in [0.25, 0.3) is 0 Å². The zero-order valence-corrected chi connectivity index (χ0v) is 42.0. The van der Waals surface area contributed by atoms with Gasteiger partial charge in [-0.3, -0.25) is 0 Å². The molecular weight excluding hydrogens is 713 g/mol. The Morgan fingerprint density at radius 1 is 0.414 bits per heavy atom. The van der Waals surface area contributed by atoms with Gasteiger partial charge >= 0.3 is 0 Å². The summed E-state index contributed by atoms with van der Waals surface area (Å²) < 4.78 is 25.8. The van der Waals surface area contributed by atoms with E-state index in [0.717, 1.165) is 63.2 Å². The van der Waals surface area contributed by atoms with Gasteiger partial charge < -0.3 is 18.9 Å². The first kappa shape index (κ1) is 48.6. The summed E-state index contributed by atoms with van der Waals surface area (Å²) >= 11 is 0. The number of aryl methyl sites for hydroxylation is 2. The van der Waals surface area contributed by atoms with Crippen molar-refractivity contribution in [2.45, 2.75) is 224 Å². The van der Waals surface area contributed by atoms with E-state index in [0.29, 0.717) is 13.2 Å². The van der Waals surface area contributed by atoms with Gasteiger partial charge in [-0.1, -0.05) is 163 Å². The van der Waals surface area contributed by atoms with Crippen LogP contribution in [-0.4, -0.2) is 37.6 Å². The van der Waals surface area contributed by atoms with Crippen LogP contribution in [0.5, 0.6) is 11.5 Å².